The maximum Gasteiger partial charge on any atom is 0.192 e. The molecular weight excluding hydrogens is 420 g/mol. The van der Waals surface area contributed by atoms with Crippen LogP contribution in [0.4, 0.5) is 5.69 Å². The zero-order valence-electron chi connectivity index (χ0n) is 11.5. The second-order valence-corrected chi connectivity index (χ2v) is 8.42. The molecule has 1 atom stereocenters. The average molecular weight is 434 g/mol. The topological polar surface area (TPSA) is 59.1 Å². The molecule has 2 rings (SSSR count). The molecule has 0 aliphatic carbocycles. The summed E-state index contributed by atoms with van der Waals surface area (Å²) in [6.07, 6.45) is 2.67. The fraction of sp³-hybridized carbons (Fsp3) is 0.214. The van der Waals surface area contributed by atoms with Crippen molar-refractivity contribution in [3.63, 3.8) is 0 Å². The molecule has 0 saturated carbocycles. The van der Waals surface area contributed by atoms with Crippen molar-refractivity contribution < 1.29 is 8.42 Å². The zero-order chi connectivity index (χ0) is 15.6. The number of rotatable bonds is 4. The lowest BCUT2D eigenvalue weighted by molar-refractivity contribution is 0.598. The lowest BCUT2D eigenvalue weighted by Crippen LogP contribution is -2.08. The Morgan fingerprint density at radius 1 is 1.19 bits per heavy atom. The van der Waals surface area contributed by atoms with Crippen LogP contribution in [0.15, 0.2) is 50.5 Å². The molecule has 0 fully saturated rings. The van der Waals surface area contributed by atoms with Gasteiger partial charge in [0.25, 0.3) is 0 Å². The Balaban J connectivity index is 2.18. The van der Waals surface area contributed by atoms with Crippen molar-refractivity contribution in [2.75, 3.05) is 11.6 Å². The van der Waals surface area contributed by atoms with E-state index in [2.05, 4.69) is 42.2 Å². The Kier molecular flexibility index (Phi) is 5.06. The molecule has 0 spiro atoms. The third-order valence-corrected chi connectivity index (χ3v) is 5.11. The molecule has 112 valence electrons. The molecule has 7 heteroatoms. The predicted molar refractivity (Wildman–Crippen MR) is 91.2 cm³/mol. The van der Waals surface area contributed by atoms with Crippen LogP contribution < -0.4 is 5.32 Å². The van der Waals surface area contributed by atoms with Crippen molar-refractivity contribution >= 4 is 47.4 Å². The molecule has 0 radical (unpaired) electrons. The third-order valence-electron chi connectivity index (χ3n) is 2.93. The summed E-state index contributed by atoms with van der Waals surface area (Å²) in [5.41, 5.74) is 1.87. The molecular formula is C14H14Br2N2O2S. The molecule has 1 N–H and O–H groups in total. The summed E-state index contributed by atoms with van der Waals surface area (Å²) in [4.78, 5) is 3.96. The van der Waals surface area contributed by atoms with Gasteiger partial charge in [-0.25, -0.2) is 13.4 Å². The van der Waals surface area contributed by atoms with Crippen LogP contribution in [0.5, 0.6) is 0 Å². The number of nitrogens with zero attached hydrogens (tertiary/aromatic N) is 1. The van der Waals surface area contributed by atoms with Crippen LogP contribution in [0.1, 0.15) is 18.5 Å². The van der Waals surface area contributed by atoms with Gasteiger partial charge in [-0.05, 0) is 36.8 Å². The van der Waals surface area contributed by atoms with Crippen LogP contribution in [-0.4, -0.2) is 19.7 Å². The molecule has 1 aromatic carbocycles. The maximum atomic E-state index is 11.4. The highest BCUT2D eigenvalue weighted by Gasteiger charge is 2.11. The van der Waals surface area contributed by atoms with Crippen molar-refractivity contribution in [1.29, 1.82) is 0 Å². The van der Waals surface area contributed by atoms with Gasteiger partial charge in [0.15, 0.2) is 14.9 Å². The summed E-state index contributed by atoms with van der Waals surface area (Å²) in [7, 11) is -3.26. The summed E-state index contributed by atoms with van der Waals surface area (Å²) in [6.45, 7) is 2.03. The molecule has 1 aromatic heterocycles. The summed E-state index contributed by atoms with van der Waals surface area (Å²) in [5, 5.41) is 3.37. The van der Waals surface area contributed by atoms with Gasteiger partial charge in [0.1, 0.15) is 0 Å². The van der Waals surface area contributed by atoms with Crippen molar-refractivity contribution in [1.82, 2.24) is 4.98 Å². The first-order valence-corrected chi connectivity index (χ1v) is 9.62. The van der Waals surface area contributed by atoms with E-state index in [0.29, 0.717) is 0 Å². The van der Waals surface area contributed by atoms with Crippen LogP contribution in [-0.2, 0) is 9.84 Å². The summed E-state index contributed by atoms with van der Waals surface area (Å²) in [5.74, 6) is 0. The van der Waals surface area contributed by atoms with E-state index in [0.717, 1.165) is 26.5 Å². The van der Waals surface area contributed by atoms with Crippen LogP contribution in [0, 0.1) is 0 Å². The molecule has 0 amide bonds. The smallest absolute Gasteiger partial charge is 0.192 e. The number of aromatic nitrogens is 1. The molecule has 0 bridgehead atoms. The molecule has 1 heterocycles. The highest BCUT2D eigenvalue weighted by molar-refractivity contribution is 9.11. The van der Waals surface area contributed by atoms with E-state index in [-0.39, 0.29) is 11.1 Å². The van der Waals surface area contributed by atoms with Gasteiger partial charge in [-0.15, -0.1) is 0 Å². The van der Waals surface area contributed by atoms with Crippen molar-refractivity contribution in [2.45, 2.75) is 18.0 Å². The van der Waals surface area contributed by atoms with Gasteiger partial charge < -0.3 is 5.32 Å². The van der Waals surface area contributed by atoms with Gasteiger partial charge in [0.2, 0.25) is 0 Å². The Morgan fingerprint density at radius 3 is 2.43 bits per heavy atom. The highest BCUT2D eigenvalue weighted by Crippen LogP contribution is 2.28. The van der Waals surface area contributed by atoms with E-state index in [1.165, 1.54) is 12.3 Å². The molecule has 1 unspecified atom stereocenters. The predicted octanol–water partition coefficient (Wildman–Crippen LogP) is 4.18. The number of hydrogen-bond acceptors (Lipinski definition) is 4. The fourth-order valence-corrected chi connectivity index (χ4v) is 3.82. The minimum absolute atomic E-state index is 0.0540. The number of hydrogen-bond donors (Lipinski definition) is 1. The summed E-state index contributed by atoms with van der Waals surface area (Å²) in [6, 6.07) is 9.25. The zero-order valence-corrected chi connectivity index (χ0v) is 15.5. The van der Waals surface area contributed by atoms with Gasteiger partial charge in [-0.2, -0.15) is 0 Å². The third kappa shape index (κ3) is 4.28. The Bertz CT molecular complexity index is 746. The number of sulfone groups is 1. The summed E-state index contributed by atoms with van der Waals surface area (Å²) >= 11 is 6.96. The molecule has 21 heavy (non-hydrogen) atoms. The lowest BCUT2D eigenvalue weighted by atomic mass is 10.1. The van der Waals surface area contributed by atoms with Crippen LogP contribution in [0.3, 0.4) is 0 Å². The van der Waals surface area contributed by atoms with E-state index < -0.39 is 9.84 Å². The maximum absolute atomic E-state index is 11.4. The van der Waals surface area contributed by atoms with Gasteiger partial charge in [-0.3, -0.25) is 0 Å². The Morgan fingerprint density at radius 2 is 1.90 bits per heavy atom. The first kappa shape index (κ1) is 16.5. The largest absolute Gasteiger partial charge is 0.377 e. The molecule has 4 nitrogen and oxygen atoms in total. The van der Waals surface area contributed by atoms with Crippen molar-refractivity contribution in [2.24, 2.45) is 0 Å². The fourth-order valence-electron chi connectivity index (χ4n) is 1.87. The minimum Gasteiger partial charge on any atom is -0.377 e. The molecule has 2 aromatic rings. The number of nitrogens with one attached hydrogen (secondary N) is 1. The highest BCUT2D eigenvalue weighted by atomic mass is 79.9. The first-order chi connectivity index (χ1) is 9.77. The number of pyridine rings is 1. The lowest BCUT2D eigenvalue weighted by Gasteiger charge is -2.17. The summed E-state index contributed by atoms with van der Waals surface area (Å²) < 4.78 is 24.7. The van der Waals surface area contributed by atoms with E-state index >= 15 is 0 Å². The van der Waals surface area contributed by atoms with Crippen molar-refractivity contribution in [3.05, 3.63) is 51.0 Å². The van der Waals surface area contributed by atoms with Gasteiger partial charge in [-0.1, -0.05) is 37.9 Å². The normalized spacial score (nSPS) is 13.0. The minimum atomic E-state index is -3.26. The number of halogens is 2. The quantitative estimate of drug-likeness (QED) is 0.785. The van der Waals surface area contributed by atoms with Gasteiger partial charge in [0.05, 0.1) is 11.9 Å². The van der Waals surface area contributed by atoms with Gasteiger partial charge >= 0.3 is 0 Å². The number of anilines is 1. The SMILES string of the molecule is CC(Nc1ccc(S(C)(=O)=O)nc1)c1ccc(Br)cc1Br. The first-order valence-electron chi connectivity index (χ1n) is 6.15. The molecule has 0 aliphatic heterocycles. The average Bonchev–Trinajstić information content (AvgIpc) is 2.38. The van der Waals surface area contributed by atoms with E-state index in [9.17, 15) is 8.42 Å². The standard InChI is InChI=1S/C14H14Br2N2O2S/c1-9(12-5-3-10(15)7-13(12)16)18-11-4-6-14(17-8-11)21(2,19)20/h3-9,18H,1-2H3. The van der Waals surface area contributed by atoms with Crippen LogP contribution in [0.25, 0.3) is 0 Å². The van der Waals surface area contributed by atoms with E-state index in [1.807, 2.05) is 25.1 Å². The monoisotopic (exact) mass is 432 g/mol. The van der Waals surface area contributed by atoms with Crippen molar-refractivity contribution in [3.8, 4) is 0 Å². The second-order valence-electron chi connectivity index (χ2n) is 4.69. The van der Waals surface area contributed by atoms with Crippen LogP contribution in [0.2, 0.25) is 0 Å². The van der Waals surface area contributed by atoms with Gasteiger partial charge in [0, 0.05) is 21.2 Å². The Hall–Kier alpha value is -0.920. The Labute approximate surface area is 141 Å². The van der Waals surface area contributed by atoms with Crippen LogP contribution >= 0.6 is 31.9 Å². The molecule has 0 aliphatic rings. The number of benzene rings is 1. The second kappa shape index (κ2) is 6.46. The van der Waals surface area contributed by atoms with E-state index in [1.54, 1.807) is 6.07 Å². The molecule has 0 saturated heterocycles. The van der Waals surface area contributed by atoms with E-state index in [4.69, 9.17) is 0 Å².